The summed E-state index contributed by atoms with van der Waals surface area (Å²) in [6, 6.07) is 6.74. The molecule has 1 heterocycles. The van der Waals surface area contributed by atoms with Crippen LogP contribution in [0.25, 0.3) is 0 Å². The van der Waals surface area contributed by atoms with Crippen LogP contribution >= 0.6 is 0 Å². The lowest BCUT2D eigenvalue weighted by Gasteiger charge is -2.29. The van der Waals surface area contributed by atoms with Gasteiger partial charge in [-0.25, -0.2) is 0 Å². The van der Waals surface area contributed by atoms with Crippen molar-refractivity contribution in [3.05, 3.63) is 34.9 Å². The number of nitrogens with one attached hydrogen (secondary N) is 1. The SMILES string of the molecule is NC(c1ccc2c(c1)CCCC2)C1CNCCO1. The van der Waals surface area contributed by atoms with Crippen LogP contribution in [0, 0.1) is 0 Å². The van der Waals surface area contributed by atoms with Crippen molar-refractivity contribution in [2.75, 3.05) is 19.7 Å². The Morgan fingerprint density at radius 2 is 2.06 bits per heavy atom. The highest BCUT2D eigenvalue weighted by molar-refractivity contribution is 5.35. The lowest BCUT2D eigenvalue weighted by molar-refractivity contribution is 0.0122. The van der Waals surface area contributed by atoms with E-state index in [4.69, 9.17) is 10.5 Å². The summed E-state index contributed by atoms with van der Waals surface area (Å²) in [4.78, 5) is 0. The Morgan fingerprint density at radius 1 is 1.22 bits per heavy atom. The maximum atomic E-state index is 6.34. The van der Waals surface area contributed by atoms with Gasteiger partial charge in [0, 0.05) is 13.1 Å². The third kappa shape index (κ3) is 2.44. The predicted octanol–water partition coefficient (Wildman–Crippen LogP) is 1.55. The maximum absolute atomic E-state index is 6.34. The van der Waals surface area contributed by atoms with E-state index in [1.807, 2.05) is 0 Å². The monoisotopic (exact) mass is 246 g/mol. The zero-order chi connectivity index (χ0) is 12.4. The molecule has 0 amide bonds. The molecule has 98 valence electrons. The van der Waals surface area contributed by atoms with Gasteiger partial charge in [-0.05, 0) is 42.4 Å². The highest BCUT2D eigenvalue weighted by Crippen LogP contribution is 2.26. The van der Waals surface area contributed by atoms with Crippen molar-refractivity contribution in [1.82, 2.24) is 5.32 Å². The van der Waals surface area contributed by atoms with E-state index in [1.165, 1.54) is 42.4 Å². The Balaban J connectivity index is 1.78. The van der Waals surface area contributed by atoms with E-state index in [-0.39, 0.29) is 12.1 Å². The van der Waals surface area contributed by atoms with Crippen molar-refractivity contribution in [2.45, 2.75) is 37.8 Å². The van der Waals surface area contributed by atoms with Crippen molar-refractivity contribution in [3.8, 4) is 0 Å². The van der Waals surface area contributed by atoms with Crippen LogP contribution in [0.3, 0.4) is 0 Å². The van der Waals surface area contributed by atoms with Gasteiger partial charge in [0.15, 0.2) is 0 Å². The fraction of sp³-hybridized carbons (Fsp3) is 0.600. The molecule has 2 aliphatic rings. The number of morpholine rings is 1. The second-order valence-corrected chi connectivity index (χ2v) is 5.37. The molecule has 3 heteroatoms. The van der Waals surface area contributed by atoms with Crippen LogP contribution in [-0.2, 0) is 17.6 Å². The van der Waals surface area contributed by atoms with Crippen LogP contribution in [0.15, 0.2) is 18.2 Å². The summed E-state index contributed by atoms with van der Waals surface area (Å²) in [6.07, 6.45) is 5.19. The number of benzene rings is 1. The topological polar surface area (TPSA) is 47.3 Å². The molecule has 3 nitrogen and oxygen atoms in total. The normalized spacial score (nSPS) is 25.5. The number of fused-ring (bicyclic) bond motifs is 1. The minimum atomic E-state index is -0.00923. The number of rotatable bonds is 2. The van der Waals surface area contributed by atoms with Crippen molar-refractivity contribution >= 4 is 0 Å². The van der Waals surface area contributed by atoms with E-state index in [9.17, 15) is 0 Å². The molecular formula is C15H22N2O. The zero-order valence-electron chi connectivity index (χ0n) is 10.8. The minimum absolute atomic E-state index is 0.00923. The van der Waals surface area contributed by atoms with Gasteiger partial charge in [-0.2, -0.15) is 0 Å². The van der Waals surface area contributed by atoms with Gasteiger partial charge < -0.3 is 15.8 Å². The number of ether oxygens (including phenoxy) is 1. The van der Waals surface area contributed by atoms with Gasteiger partial charge in [0.1, 0.15) is 0 Å². The van der Waals surface area contributed by atoms with Gasteiger partial charge in [0.25, 0.3) is 0 Å². The van der Waals surface area contributed by atoms with Crippen molar-refractivity contribution in [3.63, 3.8) is 0 Å². The van der Waals surface area contributed by atoms with Gasteiger partial charge in [-0.15, -0.1) is 0 Å². The Hall–Kier alpha value is -0.900. The molecule has 3 N–H and O–H groups in total. The Morgan fingerprint density at radius 3 is 2.83 bits per heavy atom. The average Bonchev–Trinajstić information content (AvgIpc) is 2.47. The molecule has 2 atom stereocenters. The average molecular weight is 246 g/mol. The Labute approximate surface area is 109 Å². The smallest absolute Gasteiger partial charge is 0.0892 e. The fourth-order valence-corrected chi connectivity index (χ4v) is 2.99. The molecule has 18 heavy (non-hydrogen) atoms. The molecule has 0 bridgehead atoms. The molecule has 2 unspecified atom stereocenters. The fourth-order valence-electron chi connectivity index (χ4n) is 2.99. The van der Waals surface area contributed by atoms with Crippen molar-refractivity contribution in [1.29, 1.82) is 0 Å². The molecule has 1 fully saturated rings. The van der Waals surface area contributed by atoms with Crippen LogP contribution in [-0.4, -0.2) is 25.8 Å². The molecule has 1 aliphatic carbocycles. The summed E-state index contributed by atoms with van der Waals surface area (Å²) < 4.78 is 5.75. The molecule has 0 spiro atoms. The predicted molar refractivity (Wildman–Crippen MR) is 72.6 cm³/mol. The van der Waals surface area contributed by atoms with Gasteiger partial charge in [-0.1, -0.05) is 18.2 Å². The second-order valence-electron chi connectivity index (χ2n) is 5.37. The van der Waals surface area contributed by atoms with Crippen LogP contribution < -0.4 is 11.1 Å². The van der Waals surface area contributed by atoms with E-state index >= 15 is 0 Å². The third-order valence-corrected chi connectivity index (χ3v) is 4.11. The third-order valence-electron chi connectivity index (χ3n) is 4.11. The van der Waals surface area contributed by atoms with Gasteiger partial charge in [0.2, 0.25) is 0 Å². The molecular weight excluding hydrogens is 224 g/mol. The first-order valence-corrected chi connectivity index (χ1v) is 7.04. The lowest BCUT2D eigenvalue weighted by atomic mass is 9.88. The summed E-state index contributed by atoms with van der Waals surface area (Å²) in [7, 11) is 0. The first-order valence-electron chi connectivity index (χ1n) is 7.04. The number of hydrogen-bond acceptors (Lipinski definition) is 3. The van der Waals surface area contributed by atoms with Crippen LogP contribution in [0.5, 0.6) is 0 Å². The van der Waals surface area contributed by atoms with E-state index in [0.29, 0.717) is 0 Å². The molecule has 0 aromatic heterocycles. The highest BCUT2D eigenvalue weighted by atomic mass is 16.5. The molecule has 0 saturated carbocycles. The lowest BCUT2D eigenvalue weighted by Crippen LogP contribution is -2.44. The first kappa shape index (κ1) is 12.2. The standard InChI is InChI=1S/C15H22N2O/c16-15(14-10-17-7-8-18-14)13-6-5-11-3-1-2-4-12(11)9-13/h5-6,9,14-15,17H,1-4,7-8,10,16H2. The number of aryl methyl sites for hydroxylation is 2. The number of nitrogens with two attached hydrogens (primary N) is 1. The molecule has 0 radical (unpaired) electrons. The van der Waals surface area contributed by atoms with Crippen molar-refractivity contribution in [2.24, 2.45) is 5.73 Å². The largest absolute Gasteiger partial charge is 0.374 e. The van der Waals surface area contributed by atoms with Crippen LogP contribution in [0.1, 0.15) is 35.6 Å². The maximum Gasteiger partial charge on any atom is 0.0892 e. The van der Waals surface area contributed by atoms with E-state index in [1.54, 1.807) is 0 Å². The van der Waals surface area contributed by atoms with Gasteiger partial charge >= 0.3 is 0 Å². The quantitative estimate of drug-likeness (QED) is 0.832. The number of hydrogen-bond donors (Lipinski definition) is 2. The zero-order valence-corrected chi connectivity index (χ0v) is 10.8. The summed E-state index contributed by atoms with van der Waals surface area (Å²) in [5.41, 5.74) is 10.6. The minimum Gasteiger partial charge on any atom is -0.374 e. The van der Waals surface area contributed by atoms with E-state index in [2.05, 4.69) is 23.5 Å². The van der Waals surface area contributed by atoms with Gasteiger partial charge in [0.05, 0.1) is 18.8 Å². The molecule has 1 saturated heterocycles. The van der Waals surface area contributed by atoms with Crippen molar-refractivity contribution < 1.29 is 4.74 Å². The second kappa shape index (κ2) is 5.39. The van der Waals surface area contributed by atoms with Crippen LogP contribution in [0.2, 0.25) is 0 Å². The summed E-state index contributed by atoms with van der Waals surface area (Å²) in [5, 5.41) is 3.34. The molecule has 3 rings (SSSR count). The molecule has 1 aromatic carbocycles. The van der Waals surface area contributed by atoms with E-state index < -0.39 is 0 Å². The summed E-state index contributed by atoms with van der Waals surface area (Å²) in [6.45, 7) is 2.56. The van der Waals surface area contributed by atoms with Crippen LogP contribution in [0.4, 0.5) is 0 Å². The Bertz CT molecular complexity index is 413. The molecule has 1 aliphatic heterocycles. The molecule has 1 aromatic rings. The van der Waals surface area contributed by atoms with E-state index in [0.717, 1.165) is 19.7 Å². The first-order chi connectivity index (χ1) is 8.84. The summed E-state index contributed by atoms with van der Waals surface area (Å²) >= 11 is 0. The highest BCUT2D eigenvalue weighted by Gasteiger charge is 2.23. The summed E-state index contributed by atoms with van der Waals surface area (Å²) in [5.74, 6) is 0. The van der Waals surface area contributed by atoms with Gasteiger partial charge in [-0.3, -0.25) is 0 Å². The Kier molecular flexibility index (Phi) is 3.64.